The lowest BCUT2D eigenvalue weighted by atomic mass is 10.00. The molecule has 1 saturated heterocycles. The number of rotatable bonds is 7. The van der Waals surface area contributed by atoms with E-state index in [9.17, 15) is 8.42 Å². The van der Waals surface area contributed by atoms with E-state index >= 15 is 0 Å². The summed E-state index contributed by atoms with van der Waals surface area (Å²) < 4.78 is 28.9. The summed E-state index contributed by atoms with van der Waals surface area (Å²) in [4.78, 5) is 0. The van der Waals surface area contributed by atoms with E-state index in [0.29, 0.717) is 37.4 Å². The Morgan fingerprint density at radius 3 is 2.68 bits per heavy atom. The number of hydrogen-bond donors (Lipinski definition) is 2. The fourth-order valence-corrected chi connectivity index (χ4v) is 4.13. The first-order valence-electron chi connectivity index (χ1n) is 7.48. The molecule has 0 spiro atoms. The molecule has 5 nitrogen and oxygen atoms in total. The second-order valence-corrected chi connectivity index (χ2v) is 7.76. The molecule has 19 heavy (non-hydrogen) atoms. The largest absolute Gasteiger partial charge is 0.317 e. The molecule has 1 aliphatic heterocycles. The van der Waals surface area contributed by atoms with E-state index in [0.717, 1.165) is 32.4 Å². The fraction of sp³-hybridized carbons (Fsp3) is 1.00. The molecule has 2 rings (SSSR count). The summed E-state index contributed by atoms with van der Waals surface area (Å²) in [5.74, 6) is 1.69. The topological polar surface area (TPSA) is 61.4 Å². The first-order chi connectivity index (χ1) is 9.03. The van der Waals surface area contributed by atoms with E-state index < -0.39 is 10.2 Å². The molecule has 112 valence electrons. The van der Waals surface area contributed by atoms with Crippen LogP contribution in [0.25, 0.3) is 0 Å². The Bertz CT molecular complexity index is 385. The minimum atomic E-state index is -3.26. The normalized spacial score (nSPS) is 32.4. The molecule has 0 aromatic rings. The molecule has 0 amide bonds. The molecule has 0 radical (unpaired) electrons. The van der Waals surface area contributed by atoms with Gasteiger partial charge in [0.15, 0.2) is 0 Å². The Balaban J connectivity index is 1.81. The van der Waals surface area contributed by atoms with Crippen LogP contribution < -0.4 is 10.0 Å². The van der Waals surface area contributed by atoms with Crippen LogP contribution in [0.15, 0.2) is 0 Å². The van der Waals surface area contributed by atoms with Crippen molar-refractivity contribution in [3.63, 3.8) is 0 Å². The molecule has 6 heteroatoms. The lowest BCUT2D eigenvalue weighted by Crippen LogP contribution is -2.48. The van der Waals surface area contributed by atoms with Crippen molar-refractivity contribution in [3.8, 4) is 0 Å². The van der Waals surface area contributed by atoms with Gasteiger partial charge < -0.3 is 5.32 Å². The molecule has 3 atom stereocenters. The van der Waals surface area contributed by atoms with Crippen molar-refractivity contribution >= 4 is 10.2 Å². The van der Waals surface area contributed by atoms with Crippen LogP contribution in [0.1, 0.15) is 33.1 Å². The minimum Gasteiger partial charge on any atom is -0.317 e. The lowest BCUT2D eigenvalue weighted by molar-refractivity contribution is 0.258. The van der Waals surface area contributed by atoms with Crippen molar-refractivity contribution < 1.29 is 8.42 Å². The molecule has 0 bridgehead atoms. The maximum Gasteiger partial charge on any atom is 0.279 e. The van der Waals surface area contributed by atoms with Gasteiger partial charge in [-0.1, -0.05) is 13.8 Å². The zero-order valence-corrected chi connectivity index (χ0v) is 12.9. The Hall–Kier alpha value is -0.170. The molecule has 0 aromatic carbocycles. The summed E-state index contributed by atoms with van der Waals surface area (Å²) in [5, 5.41) is 3.31. The summed E-state index contributed by atoms with van der Waals surface area (Å²) in [7, 11) is -3.26. The number of nitrogens with zero attached hydrogens (tertiary/aromatic N) is 1. The molecule has 1 aliphatic carbocycles. The van der Waals surface area contributed by atoms with Crippen molar-refractivity contribution in [3.05, 3.63) is 0 Å². The van der Waals surface area contributed by atoms with Gasteiger partial charge in [-0.15, -0.1) is 0 Å². The monoisotopic (exact) mass is 289 g/mol. The predicted molar refractivity (Wildman–Crippen MR) is 77.0 cm³/mol. The third-order valence-corrected chi connectivity index (χ3v) is 5.85. The van der Waals surface area contributed by atoms with Crippen LogP contribution in [0.2, 0.25) is 0 Å². The van der Waals surface area contributed by atoms with Crippen LogP contribution in [0.3, 0.4) is 0 Å². The van der Waals surface area contributed by atoms with Crippen molar-refractivity contribution in [1.29, 1.82) is 0 Å². The summed E-state index contributed by atoms with van der Waals surface area (Å²) in [6.07, 6.45) is 3.25. The van der Waals surface area contributed by atoms with Gasteiger partial charge >= 0.3 is 0 Å². The van der Waals surface area contributed by atoms with E-state index in [1.165, 1.54) is 0 Å². The summed E-state index contributed by atoms with van der Waals surface area (Å²) >= 11 is 0. The average Bonchev–Trinajstić information content (AvgIpc) is 3.11. The molecule has 2 aliphatic rings. The SMILES string of the molecule is CCNCC1CCCN(S(=O)(=O)NCC2CC2C)C1. The molecule has 2 N–H and O–H groups in total. The lowest BCUT2D eigenvalue weighted by Gasteiger charge is -2.32. The van der Waals surface area contributed by atoms with Crippen LogP contribution >= 0.6 is 0 Å². The molecular formula is C13H27N3O2S. The van der Waals surface area contributed by atoms with Gasteiger partial charge in [-0.25, -0.2) is 4.72 Å². The molecule has 2 fully saturated rings. The predicted octanol–water partition coefficient (Wildman–Crippen LogP) is 0.798. The zero-order valence-electron chi connectivity index (χ0n) is 12.1. The van der Waals surface area contributed by atoms with E-state index in [1.807, 2.05) is 0 Å². The third kappa shape index (κ3) is 4.41. The van der Waals surface area contributed by atoms with Crippen LogP contribution in [0.4, 0.5) is 0 Å². The van der Waals surface area contributed by atoms with Crippen molar-refractivity contribution in [2.75, 3.05) is 32.7 Å². The smallest absolute Gasteiger partial charge is 0.279 e. The number of piperidine rings is 1. The third-order valence-electron chi connectivity index (χ3n) is 4.31. The highest BCUT2D eigenvalue weighted by molar-refractivity contribution is 7.87. The molecular weight excluding hydrogens is 262 g/mol. The average molecular weight is 289 g/mol. The molecule has 0 aromatic heterocycles. The highest BCUT2D eigenvalue weighted by atomic mass is 32.2. The Morgan fingerprint density at radius 1 is 1.32 bits per heavy atom. The van der Waals surface area contributed by atoms with Crippen molar-refractivity contribution in [1.82, 2.24) is 14.3 Å². The van der Waals surface area contributed by atoms with Gasteiger partial charge in [0, 0.05) is 19.6 Å². The second kappa shape index (κ2) is 6.52. The van der Waals surface area contributed by atoms with Crippen LogP contribution in [-0.4, -0.2) is 45.4 Å². The van der Waals surface area contributed by atoms with E-state index in [1.54, 1.807) is 4.31 Å². The van der Waals surface area contributed by atoms with Crippen molar-refractivity contribution in [2.45, 2.75) is 33.1 Å². The summed E-state index contributed by atoms with van der Waals surface area (Å²) in [6, 6.07) is 0. The van der Waals surface area contributed by atoms with E-state index in [2.05, 4.69) is 23.9 Å². The fourth-order valence-electron chi connectivity index (χ4n) is 2.75. The minimum absolute atomic E-state index is 0.449. The second-order valence-electron chi connectivity index (χ2n) is 6.00. The van der Waals surface area contributed by atoms with Crippen LogP contribution in [0, 0.1) is 17.8 Å². The van der Waals surface area contributed by atoms with Crippen LogP contribution in [-0.2, 0) is 10.2 Å². The van der Waals surface area contributed by atoms with E-state index in [4.69, 9.17) is 0 Å². The van der Waals surface area contributed by atoms with Gasteiger partial charge in [-0.3, -0.25) is 0 Å². The summed E-state index contributed by atoms with van der Waals surface area (Å²) in [5.41, 5.74) is 0. The Morgan fingerprint density at radius 2 is 2.05 bits per heavy atom. The molecule has 1 saturated carbocycles. The van der Waals surface area contributed by atoms with Gasteiger partial charge in [-0.2, -0.15) is 12.7 Å². The van der Waals surface area contributed by atoms with Gasteiger partial charge in [0.1, 0.15) is 0 Å². The first-order valence-corrected chi connectivity index (χ1v) is 8.92. The van der Waals surface area contributed by atoms with Crippen LogP contribution in [0.5, 0.6) is 0 Å². The van der Waals surface area contributed by atoms with Gasteiger partial charge in [0.25, 0.3) is 10.2 Å². The van der Waals surface area contributed by atoms with Gasteiger partial charge in [0.2, 0.25) is 0 Å². The highest BCUT2D eigenvalue weighted by Crippen LogP contribution is 2.37. The quantitative estimate of drug-likeness (QED) is 0.729. The Kier molecular flexibility index (Phi) is 5.22. The van der Waals surface area contributed by atoms with E-state index in [-0.39, 0.29) is 0 Å². The number of hydrogen-bond acceptors (Lipinski definition) is 3. The zero-order chi connectivity index (χ0) is 13.9. The Labute approximate surface area is 117 Å². The highest BCUT2D eigenvalue weighted by Gasteiger charge is 2.35. The van der Waals surface area contributed by atoms with Gasteiger partial charge in [0.05, 0.1) is 0 Å². The molecule has 3 unspecified atom stereocenters. The first kappa shape index (κ1) is 15.2. The van der Waals surface area contributed by atoms with Crippen molar-refractivity contribution in [2.24, 2.45) is 17.8 Å². The van der Waals surface area contributed by atoms with Gasteiger partial charge in [-0.05, 0) is 50.1 Å². The summed E-state index contributed by atoms with van der Waals surface area (Å²) in [6.45, 7) is 8.05. The maximum absolute atomic E-state index is 12.2. The standard InChI is InChI=1S/C13H27N3O2S/c1-3-14-8-12-5-4-6-16(10-12)19(17,18)15-9-13-7-11(13)2/h11-15H,3-10H2,1-2H3. The molecule has 1 heterocycles. The number of nitrogens with one attached hydrogen (secondary N) is 2. The maximum atomic E-state index is 12.2.